The van der Waals surface area contributed by atoms with Gasteiger partial charge in [-0.1, -0.05) is 0 Å². The van der Waals surface area contributed by atoms with E-state index in [2.05, 4.69) is 25.5 Å². The van der Waals surface area contributed by atoms with Crippen LogP contribution in [-0.2, 0) is 13.6 Å². The molecule has 0 saturated carbocycles. The average Bonchev–Trinajstić information content (AvgIpc) is 3.00. The van der Waals surface area contributed by atoms with Gasteiger partial charge in [-0.25, -0.2) is 20.8 Å². The minimum atomic E-state index is 0.538. The number of hydrazine groups is 1. The Bertz CT molecular complexity index is 669. The van der Waals surface area contributed by atoms with Crippen LogP contribution in [-0.4, -0.2) is 29.3 Å². The van der Waals surface area contributed by atoms with Gasteiger partial charge in [0.1, 0.15) is 0 Å². The SMILES string of the molecule is Cn1ncc2c(NN)nc(Cn3ccnc3)nc21. The Kier molecular flexibility index (Phi) is 2.41. The van der Waals surface area contributed by atoms with E-state index in [1.54, 1.807) is 23.4 Å². The molecule has 3 rings (SSSR count). The molecule has 0 saturated heterocycles. The van der Waals surface area contributed by atoms with Crippen LogP contribution in [0.5, 0.6) is 0 Å². The fourth-order valence-electron chi connectivity index (χ4n) is 1.79. The Labute approximate surface area is 102 Å². The second-order valence-corrected chi connectivity index (χ2v) is 3.87. The van der Waals surface area contributed by atoms with E-state index in [4.69, 9.17) is 5.84 Å². The largest absolute Gasteiger partial charge is 0.330 e. The maximum Gasteiger partial charge on any atom is 0.163 e. The van der Waals surface area contributed by atoms with Gasteiger partial charge < -0.3 is 9.99 Å². The third kappa shape index (κ3) is 1.68. The van der Waals surface area contributed by atoms with E-state index in [9.17, 15) is 0 Å². The van der Waals surface area contributed by atoms with Crippen LogP contribution in [0.1, 0.15) is 5.82 Å². The number of nitrogen functional groups attached to an aromatic ring is 1. The molecule has 0 amide bonds. The normalized spacial score (nSPS) is 11.0. The molecule has 0 aliphatic carbocycles. The molecule has 0 aromatic carbocycles. The van der Waals surface area contributed by atoms with Gasteiger partial charge in [0.15, 0.2) is 17.3 Å². The zero-order valence-electron chi connectivity index (χ0n) is 9.78. The molecular formula is C10H12N8. The van der Waals surface area contributed by atoms with Crippen molar-refractivity contribution in [2.45, 2.75) is 6.54 Å². The number of nitrogens with one attached hydrogen (secondary N) is 1. The summed E-state index contributed by atoms with van der Waals surface area (Å²) < 4.78 is 3.58. The lowest BCUT2D eigenvalue weighted by molar-refractivity contribution is 0.735. The van der Waals surface area contributed by atoms with Crippen molar-refractivity contribution in [3.63, 3.8) is 0 Å². The highest BCUT2D eigenvalue weighted by Crippen LogP contribution is 2.18. The van der Waals surface area contributed by atoms with Crippen LogP contribution in [0.3, 0.4) is 0 Å². The zero-order valence-corrected chi connectivity index (χ0v) is 9.78. The first kappa shape index (κ1) is 10.7. The highest BCUT2D eigenvalue weighted by molar-refractivity contribution is 5.86. The maximum atomic E-state index is 5.47. The number of nitrogens with two attached hydrogens (primary N) is 1. The molecule has 3 aromatic rings. The molecule has 0 aliphatic rings. The number of rotatable bonds is 3. The molecule has 18 heavy (non-hydrogen) atoms. The van der Waals surface area contributed by atoms with Crippen molar-refractivity contribution in [1.29, 1.82) is 0 Å². The van der Waals surface area contributed by atoms with Crippen molar-refractivity contribution in [1.82, 2.24) is 29.3 Å². The van der Waals surface area contributed by atoms with Crippen molar-refractivity contribution >= 4 is 16.9 Å². The van der Waals surface area contributed by atoms with Gasteiger partial charge in [0.05, 0.1) is 24.5 Å². The molecule has 0 radical (unpaired) electrons. The lowest BCUT2D eigenvalue weighted by Crippen LogP contribution is -2.12. The highest BCUT2D eigenvalue weighted by atomic mass is 15.3. The van der Waals surface area contributed by atoms with E-state index < -0.39 is 0 Å². The zero-order chi connectivity index (χ0) is 12.5. The molecule has 8 nitrogen and oxygen atoms in total. The fourth-order valence-corrected chi connectivity index (χ4v) is 1.79. The van der Waals surface area contributed by atoms with E-state index in [1.807, 2.05) is 17.8 Å². The minimum absolute atomic E-state index is 0.538. The summed E-state index contributed by atoms with van der Waals surface area (Å²) in [6, 6.07) is 0. The summed E-state index contributed by atoms with van der Waals surface area (Å²) in [5.41, 5.74) is 3.32. The van der Waals surface area contributed by atoms with E-state index in [0.29, 0.717) is 18.2 Å². The number of hydrogen-bond donors (Lipinski definition) is 2. The van der Waals surface area contributed by atoms with Crippen LogP contribution in [0, 0.1) is 0 Å². The van der Waals surface area contributed by atoms with Crippen LogP contribution in [0.2, 0.25) is 0 Å². The minimum Gasteiger partial charge on any atom is -0.330 e. The monoisotopic (exact) mass is 244 g/mol. The number of nitrogens with zero attached hydrogens (tertiary/aromatic N) is 6. The fraction of sp³-hybridized carbons (Fsp3) is 0.200. The summed E-state index contributed by atoms with van der Waals surface area (Å²) in [5.74, 6) is 6.69. The van der Waals surface area contributed by atoms with Crippen molar-refractivity contribution in [3.05, 3.63) is 30.7 Å². The number of imidazole rings is 1. The number of hydrogen-bond acceptors (Lipinski definition) is 6. The van der Waals surface area contributed by atoms with E-state index in [-0.39, 0.29) is 0 Å². The highest BCUT2D eigenvalue weighted by Gasteiger charge is 2.10. The van der Waals surface area contributed by atoms with Gasteiger partial charge in [0.2, 0.25) is 0 Å². The standard InChI is InChI=1S/C10H12N8/c1-17-10-7(4-13-17)9(16-11)14-8(15-10)5-18-3-2-12-6-18/h2-4,6H,5,11H2,1H3,(H,14,15,16). The molecule has 0 unspecified atom stereocenters. The summed E-state index contributed by atoms with van der Waals surface area (Å²) in [6.45, 7) is 0.538. The smallest absolute Gasteiger partial charge is 0.163 e. The predicted molar refractivity (Wildman–Crippen MR) is 65.4 cm³/mol. The van der Waals surface area contributed by atoms with Crippen molar-refractivity contribution in [2.75, 3.05) is 5.43 Å². The molecule has 0 atom stereocenters. The quantitative estimate of drug-likeness (QED) is 0.492. The molecule has 3 N–H and O–H groups in total. The van der Waals surface area contributed by atoms with Gasteiger partial charge in [-0.15, -0.1) is 0 Å². The van der Waals surface area contributed by atoms with Crippen molar-refractivity contribution in [3.8, 4) is 0 Å². The van der Waals surface area contributed by atoms with Crippen molar-refractivity contribution < 1.29 is 0 Å². The Morgan fingerprint density at radius 1 is 1.39 bits per heavy atom. The molecule has 8 heteroatoms. The van der Waals surface area contributed by atoms with E-state index in [1.165, 1.54) is 0 Å². The second-order valence-electron chi connectivity index (χ2n) is 3.87. The number of anilines is 1. The molecule has 3 heterocycles. The second kappa shape index (κ2) is 4.08. The Morgan fingerprint density at radius 3 is 3.00 bits per heavy atom. The first-order valence-electron chi connectivity index (χ1n) is 5.39. The topological polar surface area (TPSA) is 99.5 Å². The predicted octanol–water partition coefficient (Wildman–Crippen LogP) is -0.106. The number of fused-ring (bicyclic) bond motifs is 1. The third-order valence-electron chi connectivity index (χ3n) is 2.66. The first-order chi connectivity index (χ1) is 8.78. The molecule has 0 aliphatic heterocycles. The van der Waals surface area contributed by atoms with E-state index in [0.717, 1.165) is 11.0 Å². The molecule has 0 bridgehead atoms. The molecule has 0 fully saturated rings. The molecular weight excluding hydrogens is 232 g/mol. The van der Waals surface area contributed by atoms with Gasteiger partial charge in [-0.3, -0.25) is 4.68 Å². The molecule has 3 aromatic heterocycles. The maximum absolute atomic E-state index is 5.47. The Hall–Kier alpha value is -2.48. The van der Waals surface area contributed by atoms with Gasteiger partial charge in [0, 0.05) is 19.4 Å². The molecule has 92 valence electrons. The summed E-state index contributed by atoms with van der Waals surface area (Å²) in [7, 11) is 1.83. The van der Waals surface area contributed by atoms with Crippen LogP contribution in [0.25, 0.3) is 11.0 Å². The van der Waals surface area contributed by atoms with Crippen LogP contribution in [0.4, 0.5) is 5.82 Å². The summed E-state index contributed by atoms with van der Waals surface area (Å²) >= 11 is 0. The van der Waals surface area contributed by atoms with Gasteiger partial charge in [-0.2, -0.15) is 5.10 Å². The lowest BCUT2D eigenvalue weighted by atomic mass is 10.4. The third-order valence-corrected chi connectivity index (χ3v) is 2.66. The van der Waals surface area contributed by atoms with Gasteiger partial charge in [0.25, 0.3) is 0 Å². The van der Waals surface area contributed by atoms with Gasteiger partial charge >= 0.3 is 0 Å². The Morgan fingerprint density at radius 2 is 2.28 bits per heavy atom. The Balaban J connectivity index is 2.09. The first-order valence-corrected chi connectivity index (χ1v) is 5.39. The summed E-state index contributed by atoms with van der Waals surface area (Å²) in [6.07, 6.45) is 6.97. The summed E-state index contributed by atoms with van der Waals surface area (Å²) in [5, 5.41) is 4.94. The lowest BCUT2D eigenvalue weighted by Gasteiger charge is -2.06. The van der Waals surface area contributed by atoms with Crippen LogP contribution < -0.4 is 11.3 Å². The molecule has 0 spiro atoms. The average molecular weight is 244 g/mol. The van der Waals surface area contributed by atoms with Crippen molar-refractivity contribution in [2.24, 2.45) is 12.9 Å². The van der Waals surface area contributed by atoms with Crippen LogP contribution in [0.15, 0.2) is 24.9 Å². The van der Waals surface area contributed by atoms with Crippen LogP contribution >= 0.6 is 0 Å². The number of aromatic nitrogens is 6. The van der Waals surface area contributed by atoms with Gasteiger partial charge in [-0.05, 0) is 0 Å². The summed E-state index contributed by atoms with van der Waals surface area (Å²) in [4.78, 5) is 12.8. The van der Waals surface area contributed by atoms with E-state index >= 15 is 0 Å². The number of aryl methyl sites for hydroxylation is 1.